The number of quaternary nitrogens is 1. The van der Waals surface area contributed by atoms with Gasteiger partial charge in [0.15, 0.2) is 0 Å². The van der Waals surface area contributed by atoms with E-state index in [2.05, 4.69) is 5.10 Å². The van der Waals surface area contributed by atoms with Crippen molar-refractivity contribution in [3.05, 3.63) is 76.0 Å². The monoisotopic (exact) mass is 347 g/mol. The van der Waals surface area contributed by atoms with E-state index < -0.39 is 0 Å². The predicted octanol–water partition coefficient (Wildman–Crippen LogP) is -1.68. The molecule has 0 unspecified atom stereocenters. The third-order valence-electron chi connectivity index (χ3n) is 3.86. The van der Waals surface area contributed by atoms with Crippen molar-refractivity contribution >= 4 is 10.8 Å². The summed E-state index contributed by atoms with van der Waals surface area (Å²) in [4.78, 5) is 12.5. The molecule has 0 amide bonds. The molecular weight excluding hydrogens is 329 g/mol. The summed E-state index contributed by atoms with van der Waals surface area (Å²) in [5.74, 6) is -0.255. The van der Waals surface area contributed by atoms with E-state index in [9.17, 15) is 9.18 Å². The Hall–Kier alpha value is -2.24. The topological polar surface area (TPSA) is 51.5 Å². The lowest BCUT2D eigenvalue weighted by molar-refractivity contribution is -0.628. The molecular formula is C18H19ClFN3O. The van der Waals surface area contributed by atoms with Crippen molar-refractivity contribution in [1.82, 2.24) is 9.78 Å². The summed E-state index contributed by atoms with van der Waals surface area (Å²) in [6, 6.07) is 13.9. The Labute approximate surface area is 145 Å². The largest absolute Gasteiger partial charge is 1.00 e. The third kappa shape index (κ3) is 3.80. The number of rotatable bonds is 5. The van der Waals surface area contributed by atoms with Gasteiger partial charge in [0.05, 0.1) is 31.2 Å². The number of nitrogens with two attached hydrogens (primary N) is 1. The van der Waals surface area contributed by atoms with Gasteiger partial charge in [-0.2, -0.15) is 5.10 Å². The average molecular weight is 348 g/mol. The second-order valence-corrected chi connectivity index (χ2v) is 5.52. The highest BCUT2D eigenvalue weighted by molar-refractivity contribution is 5.83. The highest BCUT2D eigenvalue weighted by atomic mass is 35.5. The summed E-state index contributed by atoms with van der Waals surface area (Å²) >= 11 is 0. The Morgan fingerprint density at radius 2 is 1.75 bits per heavy atom. The highest BCUT2D eigenvalue weighted by Crippen LogP contribution is 2.17. The van der Waals surface area contributed by atoms with Gasteiger partial charge in [-0.05, 0) is 23.8 Å². The summed E-state index contributed by atoms with van der Waals surface area (Å²) in [6.07, 6.45) is 0.566. The van der Waals surface area contributed by atoms with Crippen molar-refractivity contribution in [2.75, 3.05) is 13.6 Å². The standard InChI is InChI=1S/C18H18FN3O.ClH/c1-20-10-11-22-18(23)16-5-3-2-4-15(16)17(21-22)12-13-6-8-14(19)9-7-13;/h2-9,20H,10-12H2,1H3;1H. The zero-order chi connectivity index (χ0) is 16.2. The minimum Gasteiger partial charge on any atom is -1.00 e. The molecule has 1 heterocycles. The lowest BCUT2D eigenvalue weighted by atomic mass is 10.0. The molecule has 0 fully saturated rings. The minimum absolute atomic E-state index is 0. The van der Waals surface area contributed by atoms with Crippen LogP contribution in [0.15, 0.2) is 53.3 Å². The van der Waals surface area contributed by atoms with Gasteiger partial charge in [-0.3, -0.25) is 4.79 Å². The SMILES string of the molecule is C[NH2+]CCn1nc(Cc2ccc(F)cc2)c2ccccc2c1=O.[Cl-]. The number of halogens is 2. The van der Waals surface area contributed by atoms with E-state index in [-0.39, 0.29) is 23.8 Å². The van der Waals surface area contributed by atoms with Crippen LogP contribution in [0.1, 0.15) is 11.3 Å². The molecule has 2 aromatic carbocycles. The van der Waals surface area contributed by atoms with Crippen LogP contribution < -0.4 is 23.3 Å². The predicted molar refractivity (Wildman–Crippen MR) is 87.9 cm³/mol. The molecule has 0 saturated heterocycles. The van der Waals surface area contributed by atoms with E-state index in [1.54, 1.807) is 12.1 Å². The number of hydrogen-bond donors (Lipinski definition) is 1. The Bertz CT molecular complexity index is 878. The molecule has 6 heteroatoms. The molecule has 0 radical (unpaired) electrons. The van der Waals surface area contributed by atoms with Gasteiger partial charge in [-0.25, -0.2) is 9.07 Å². The lowest BCUT2D eigenvalue weighted by Crippen LogP contribution is -3.00. The number of hydrogen-bond acceptors (Lipinski definition) is 2. The van der Waals surface area contributed by atoms with Gasteiger partial charge in [0.25, 0.3) is 5.56 Å². The van der Waals surface area contributed by atoms with Crippen LogP contribution in [0, 0.1) is 5.82 Å². The van der Waals surface area contributed by atoms with E-state index >= 15 is 0 Å². The number of nitrogens with zero attached hydrogens (tertiary/aromatic N) is 2. The van der Waals surface area contributed by atoms with Crippen LogP contribution in [0.25, 0.3) is 10.8 Å². The lowest BCUT2D eigenvalue weighted by Gasteiger charge is -2.10. The maximum Gasteiger partial charge on any atom is 0.274 e. The first-order valence-electron chi connectivity index (χ1n) is 7.70. The normalized spacial score (nSPS) is 10.6. The molecule has 3 rings (SSSR count). The molecule has 2 N–H and O–H groups in total. The molecule has 3 aromatic rings. The van der Waals surface area contributed by atoms with Crippen molar-refractivity contribution in [2.45, 2.75) is 13.0 Å². The van der Waals surface area contributed by atoms with Gasteiger partial charge in [-0.1, -0.05) is 30.3 Å². The first-order chi connectivity index (χ1) is 11.2. The van der Waals surface area contributed by atoms with E-state index in [4.69, 9.17) is 0 Å². The number of benzene rings is 2. The van der Waals surface area contributed by atoms with Gasteiger partial charge in [0.1, 0.15) is 5.82 Å². The molecule has 24 heavy (non-hydrogen) atoms. The zero-order valence-electron chi connectivity index (χ0n) is 13.4. The number of likely N-dealkylation sites (N-methyl/N-ethyl adjacent to an activating group) is 1. The zero-order valence-corrected chi connectivity index (χ0v) is 14.1. The summed E-state index contributed by atoms with van der Waals surface area (Å²) in [5.41, 5.74) is 1.74. The van der Waals surface area contributed by atoms with Crippen LogP contribution >= 0.6 is 0 Å². The number of aromatic nitrogens is 2. The smallest absolute Gasteiger partial charge is 0.274 e. The van der Waals surface area contributed by atoms with Crippen LogP contribution in [0.4, 0.5) is 4.39 Å². The Balaban J connectivity index is 0.00000208. The highest BCUT2D eigenvalue weighted by Gasteiger charge is 2.11. The van der Waals surface area contributed by atoms with Crippen LogP contribution in [0.5, 0.6) is 0 Å². The van der Waals surface area contributed by atoms with Gasteiger partial charge >= 0.3 is 0 Å². The van der Waals surface area contributed by atoms with E-state index in [1.807, 2.05) is 36.6 Å². The second-order valence-electron chi connectivity index (χ2n) is 5.52. The minimum atomic E-state index is -0.255. The van der Waals surface area contributed by atoms with Crippen molar-refractivity contribution in [3.8, 4) is 0 Å². The van der Waals surface area contributed by atoms with Gasteiger partial charge in [0, 0.05) is 11.8 Å². The van der Waals surface area contributed by atoms with Crippen molar-refractivity contribution < 1.29 is 22.1 Å². The molecule has 126 valence electrons. The molecule has 0 aliphatic carbocycles. The Morgan fingerprint density at radius 1 is 1.08 bits per heavy atom. The fourth-order valence-electron chi connectivity index (χ4n) is 2.63. The second kappa shape index (κ2) is 8.04. The van der Waals surface area contributed by atoms with Crippen LogP contribution in [-0.4, -0.2) is 23.4 Å². The molecule has 0 bridgehead atoms. The van der Waals surface area contributed by atoms with Crippen LogP contribution in [-0.2, 0) is 13.0 Å². The van der Waals surface area contributed by atoms with Gasteiger partial charge in [0.2, 0.25) is 0 Å². The van der Waals surface area contributed by atoms with Crippen LogP contribution in [0.2, 0.25) is 0 Å². The molecule has 0 spiro atoms. The van der Waals surface area contributed by atoms with Crippen molar-refractivity contribution in [3.63, 3.8) is 0 Å². The molecule has 1 aromatic heterocycles. The summed E-state index contributed by atoms with van der Waals surface area (Å²) in [7, 11) is 1.96. The summed E-state index contributed by atoms with van der Waals surface area (Å²) < 4.78 is 14.6. The summed E-state index contributed by atoms with van der Waals surface area (Å²) in [6.45, 7) is 1.36. The van der Waals surface area contributed by atoms with E-state index in [0.29, 0.717) is 18.4 Å². The number of fused-ring (bicyclic) bond motifs is 1. The Kier molecular flexibility index (Phi) is 6.06. The Morgan fingerprint density at radius 3 is 2.42 bits per heavy atom. The quantitative estimate of drug-likeness (QED) is 0.600. The van der Waals surface area contributed by atoms with E-state index in [0.717, 1.165) is 23.2 Å². The molecule has 0 aliphatic heterocycles. The maximum atomic E-state index is 13.1. The van der Waals surface area contributed by atoms with E-state index in [1.165, 1.54) is 16.8 Å². The molecule has 4 nitrogen and oxygen atoms in total. The fourth-order valence-corrected chi connectivity index (χ4v) is 2.63. The summed E-state index contributed by atoms with van der Waals surface area (Å²) in [5, 5.41) is 8.10. The van der Waals surface area contributed by atoms with Crippen molar-refractivity contribution in [2.24, 2.45) is 0 Å². The first kappa shape index (κ1) is 18.1. The van der Waals surface area contributed by atoms with Crippen molar-refractivity contribution in [1.29, 1.82) is 0 Å². The van der Waals surface area contributed by atoms with Crippen LogP contribution in [0.3, 0.4) is 0 Å². The molecule has 0 aliphatic rings. The first-order valence-corrected chi connectivity index (χ1v) is 7.70. The van der Waals surface area contributed by atoms with Gasteiger partial charge < -0.3 is 17.7 Å². The van der Waals surface area contributed by atoms with Gasteiger partial charge in [-0.15, -0.1) is 0 Å². The molecule has 0 saturated carbocycles. The average Bonchev–Trinajstić information content (AvgIpc) is 2.58. The molecule has 0 atom stereocenters. The maximum absolute atomic E-state index is 13.1. The fraction of sp³-hybridized carbons (Fsp3) is 0.222. The third-order valence-corrected chi connectivity index (χ3v) is 3.86.